The second kappa shape index (κ2) is 9.01. The number of nitrogens with one attached hydrogen (secondary N) is 1. The Labute approximate surface area is 144 Å². The molecule has 0 atom stereocenters. The number of methoxy groups -OCH3 is 1. The fraction of sp³-hybridized carbons (Fsp3) is 0.625. The summed E-state index contributed by atoms with van der Waals surface area (Å²) < 4.78 is 12.9. The van der Waals surface area contributed by atoms with Gasteiger partial charge in [-0.25, -0.2) is 0 Å². The summed E-state index contributed by atoms with van der Waals surface area (Å²) in [7, 11) is 1.66. The van der Waals surface area contributed by atoms with Crippen LogP contribution in [0.2, 0.25) is 0 Å². The molecule has 1 aromatic rings. The van der Waals surface area contributed by atoms with Crippen molar-refractivity contribution >= 4 is 31.9 Å². The van der Waals surface area contributed by atoms with Gasteiger partial charge in [0.05, 0.1) is 22.7 Å². The lowest BCUT2D eigenvalue weighted by Gasteiger charge is -2.22. The first-order valence-corrected chi connectivity index (χ1v) is 9.18. The molecule has 0 amide bonds. The molecule has 2 rings (SSSR count). The van der Waals surface area contributed by atoms with E-state index >= 15 is 0 Å². The van der Waals surface area contributed by atoms with Crippen LogP contribution < -0.4 is 14.8 Å². The van der Waals surface area contributed by atoms with Crippen molar-refractivity contribution in [3.63, 3.8) is 0 Å². The highest BCUT2D eigenvalue weighted by atomic mass is 79.9. The molecule has 0 aliphatic heterocycles. The molecular formula is C16H23Br2NO2. The maximum atomic E-state index is 5.83. The van der Waals surface area contributed by atoms with Gasteiger partial charge in [-0.15, -0.1) is 0 Å². The monoisotopic (exact) mass is 419 g/mol. The van der Waals surface area contributed by atoms with Crippen LogP contribution in [0.25, 0.3) is 0 Å². The quantitative estimate of drug-likeness (QED) is 0.635. The van der Waals surface area contributed by atoms with Crippen molar-refractivity contribution in [2.75, 3.05) is 20.3 Å². The van der Waals surface area contributed by atoms with Gasteiger partial charge in [0, 0.05) is 6.04 Å². The van der Waals surface area contributed by atoms with Gasteiger partial charge in [0.25, 0.3) is 0 Å². The van der Waals surface area contributed by atoms with E-state index in [4.69, 9.17) is 9.47 Å². The average Bonchev–Trinajstić information content (AvgIpc) is 2.51. The second-order valence-corrected chi connectivity index (χ2v) is 7.12. The van der Waals surface area contributed by atoms with Gasteiger partial charge in [-0.1, -0.05) is 19.3 Å². The van der Waals surface area contributed by atoms with Crippen molar-refractivity contribution in [3.05, 3.63) is 21.1 Å². The minimum absolute atomic E-state index is 0.719. The molecule has 0 bridgehead atoms. The van der Waals surface area contributed by atoms with Gasteiger partial charge in [0.15, 0.2) is 0 Å². The SMILES string of the molecule is COc1cc(Br)c(OCCCNC2CCCCC2)cc1Br. The highest BCUT2D eigenvalue weighted by molar-refractivity contribution is 9.11. The lowest BCUT2D eigenvalue weighted by atomic mass is 9.95. The molecule has 0 radical (unpaired) electrons. The highest BCUT2D eigenvalue weighted by Crippen LogP contribution is 2.36. The molecule has 1 fully saturated rings. The zero-order chi connectivity index (χ0) is 15.1. The van der Waals surface area contributed by atoms with E-state index in [1.54, 1.807) is 7.11 Å². The van der Waals surface area contributed by atoms with Crippen molar-refractivity contribution < 1.29 is 9.47 Å². The molecule has 1 aliphatic carbocycles. The Morgan fingerprint density at radius 3 is 2.48 bits per heavy atom. The Morgan fingerprint density at radius 2 is 1.76 bits per heavy atom. The third-order valence-electron chi connectivity index (χ3n) is 3.82. The predicted octanol–water partition coefficient (Wildman–Crippen LogP) is 4.91. The maximum Gasteiger partial charge on any atom is 0.134 e. The van der Waals surface area contributed by atoms with Crippen LogP contribution in [0.5, 0.6) is 11.5 Å². The van der Waals surface area contributed by atoms with Crippen LogP contribution in [0.4, 0.5) is 0 Å². The van der Waals surface area contributed by atoms with Crippen LogP contribution in [-0.4, -0.2) is 26.3 Å². The van der Waals surface area contributed by atoms with Gasteiger partial charge in [-0.2, -0.15) is 0 Å². The van der Waals surface area contributed by atoms with Crippen LogP contribution >= 0.6 is 31.9 Å². The first-order chi connectivity index (χ1) is 10.2. The van der Waals surface area contributed by atoms with Gasteiger partial charge in [0.1, 0.15) is 11.5 Å². The lowest BCUT2D eigenvalue weighted by Crippen LogP contribution is -2.32. The van der Waals surface area contributed by atoms with Crippen molar-refractivity contribution in [2.45, 2.75) is 44.6 Å². The summed E-state index contributed by atoms with van der Waals surface area (Å²) in [5.41, 5.74) is 0. The summed E-state index contributed by atoms with van der Waals surface area (Å²) in [5.74, 6) is 1.65. The Kier molecular flexibility index (Phi) is 7.34. The summed E-state index contributed by atoms with van der Waals surface area (Å²) in [6.45, 7) is 1.75. The molecule has 5 heteroatoms. The van der Waals surface area contributed by atoms with E-state index in [0.29, 0.717) is 0 Å². The van der Waals surface area contributed by atoms with Gasteiger partial charge >= 0.3 is 0 Å². The summed E-state index contributed by atoms with van der Waals surface area (Å²) in [4.78, 5) is 0. The minimum atomic E-state index is 0.719. The number of benzene rings is 1. The molecule has 1 saturated carbocycles. The zero-order valence-corrected chi connectivity index (χ0v) is 15.6. The lowest BCUT2D eigenvalue weighted by molar-refractivity contribution is 0.294. The van der Waals surface area contributed by atoms with Crippen LogP contribution in [-0.2, 0) is 0 Å². The smallest absolute Gasteiger partial charge is 0.134 e. The van der Waals surface area contributed by atoms with Crippen LogP contribution in [0, 0.1) is 0 Å². The predicted molar refractivity (Wildman–Crippen MR) is 93.4 cm³/mol. The Hall–Kier alpha value is -0.260. The summed E-state index contributed by atoms with van der Waals surface area (Å²) >= 11 is 6.99. The van der Waals surface area contributed by atoms with E-state index in [2.05, 4.69) is 37.2 Å². The van der Waals surface area contributed by atoms with Gasteiger partial charge in [-0.3, -0.25) is 0 Å². The van der Waals surface area contributed by atoms with Gasteiger partial charge < -0.3 is 14.8 Å². The van der Waals surface area contributed by atoms with E-state index in [9.17, 15) is 0 Å². The molecule has 21 heavy (non-hydrogen) atoms. The van der Waals surface area contributed by atoms with E-state index < -0.39 is 0 Å². The summed E-state index contributed by atoms with van der Waals surface area (Å²) in [6, 6.07) is 4.58. The molecule has 0 saturated heterocycles. The molecule has 0 heterocycles. The fourth-order valence-corrected chi connectivity index (χ4v) is 3.57. The second-order valence-electron chi connectivity index (χ2n) is 5.41. The van der Waals surface area contributed by atoms with Crippen molar-refractivity contribution in [2.24, 2.45) is 0 Å². The fourth-order valence-electron chi connectivity index (χ4n) is 2.64. The van der Waals surface area contributed by atoms with Crippen LogP contribution in [0.1, 0.15) is 38.5 Å². The van der Waals surface area contributed by atoms with E-state index in [-0.39, 0.29) is 0 Å². The van der Waals surface area contributed by atoms with Crippen LogP contribution in [0.15, 0.2) is 21.1 Å². The van der Waals surface area contributed by atoms with Crippen molar-refractivity contribution in [1.82, 2.24) is 5.32 Å². The number of ether oxygens (including phenoxy) is 2. The molecular weight excluding hydrogens is 398 g/mol. The molecule has 3 nitrogen and oxygen atoms in total. The number of rotatable bonds is 7. The minimum Gasteiger partial charge on any atom is -0.496 e. The molecule has 1 N–H and O–H groups in total. The third-order valence-corrected chi connectivity index (χ3v) is 5.06. The van der Waals surface area contributed by atoms with Crippen LogP contribution in [0.3, 0.4) is 0 Å². The van der Waals surface area contributed by atoms with Crippen molar-refractivity contribution in [3.8, 4) is 11.5 Å². The third kappa shape index (κ3) is 5.46. The normalized spacial score (nSPS) is 16.0. The first-order valence-electron chi connectivity index (χ1n) is 7.60. The molecule has 1 aromatic carbocycles. The number of hydrogen-bond acceptors (Lipinski definition) is 3. The van der Waals surface area contributed by atoms with Gasteiger partial charge in [0.2, 0.25) is 0 Å². The van der Waals surface area contributed by atoms with Crippen molar-refractivity contribution in [1.29, 1.82) is 0 Å². The molecule has 118 valence electrons. The van der Waals surface area contributed by atoms with Gasteiger partial charge in [-0.05, 0) is 69.8 Å². The number of hydrogen-bond donors (Lipinski definition) is 1. The molecule has 0 aromatic heterocycles. The van der Waals surface area contributed by atoms with E-state index in [0.717, 1.165) is 46.1 Å². The molecule has 1 aliphatic rings. The summed E-state index contributed by atoms with van der Waals surface area (Å²) in [5, 5.41) is 3.63. The first kappa shape index (κ1) is 17.1. The van der Waals surface area contributed by atoms with E-state index in [1.165, 1.54) is 32.1 Å². The maximum absolute atomic E-state index is 5.83. The average molecular weight is 421 g/mol. The topological polar surface area (TPSA) is 30.5 Å². The summed E-state index contributed by atoms with van der Waals surface area (Å²) in [6.07, 6.45) is 7.84. The van der Waals surface area contributed by atoms with E-state index in [1.807, 2.05) is 12.1 Å². The Morgan fingerprint density at radius 1 is 1.10 bits per heavy atom. The Bertz CT molecular complexity index is 448. The standard InChI is InChI=1S/C16H23Br2NO2/c1-20-15-10-14(18)16(11-13(15)17)21-9-5-8-19-12-6-3-2-4-7-12/h10-12,19H,2-9H2,1H3. The highest BCUT2D eigenvalue weighted by Gasteiger charge is 2.12. The number of halogens is 2. The Balaban J connectivity index is 1.69. The molecule has 0 unspecified atom stereocenters. The molecule has 0 spiro atoms. The zero-order valence-electron chi connectivity index (χ0n) is 12.5. The largest absolute Gasteiger partial charge is 0.496 e.